The number of hydrogen-bond acceptors (Lipinski definition) is 4. The number of carbonyl (C=O) groups excluding carboxylic acids is 2. The van der Waals surface area contributed by atoms with Crippen molar-refractivity contribution in [1.29, 1.82) is 0 Å². The first kappa shape index (κ1) is 18.5. The SMILES string of the molecule is O=C(N/N=C/c1ccccc1OC(=O)c1ccccc1Br)c1ccccc1. The number of halogens is 1. The highest BCUT2D eigenvalue weighted by atomic mass is 79.9. The fourth-order valence-electron chi connectivity index (χ4n) is 2.28. The zero-order valence-corrected chi connectivity index (χ0v) is 15.7. The van der Waals surface area contributed by atoms with E-state index in [4.69, 9.17) is 4.74 Å². The second kappa shape index (κ2) is 8.91. The molecule has 3 rings (SSSR count). The van der Waals surface area contributed by atoms with E-state index in [2.05, 4.69) is 26.5 Å². The van der Waals surface area contributed by atoms with E-state index in [0.717, 1.165) is 0 Å². The van der Waals surface area contributed by atoms with Gasteiger partial charge in [-0.2, -0.15) is 5.10 Å². The van der Waals surface area contributed by atoms with Gasteiger partial charge in [-0.15, -0.1) is 0 Å². The molecule has 0 saturated carbocycles. The molecule has 0 aromatic heterocycles. The van der Waals surface area contributed by atoms with Gasteiger partial charge in [-0.1, -0.05) is 42.5 Å². The second-order valence-electron chi connectivity index (χ2n) is 5.47. The van der Waals surface area contributed by atoms with Crippen molar-refractivity contribution in [3.63, 3.8) is 0 Å². The fourth-order valence-corrected chi connectivity index (χ4v) is 2.72. The Kier molecular flexibility index (Phi) is 6.12. The Balaban J connectivity index is 1.71. The number of esters is 1. The lowest BCUT2D eigenvalue weighted by Gasteiger charge is -2.08. The average molecular weight is 423 g/mol. The topological polar surface area (TPSA) is 67.8 Å². The number of nitrogens with one attached hydrogen (secondary N) is 1. The molecule has 0 aliphatic rings. The van der Waals surface area contributed by atoms with Crippen molar-refractivity contribution in [2.75, 3.05) is 0 Å². The molecule has 0 spiro atoms. The van der Waals surface area contributed by atoms with E-state index in [1.54, 1.807) is 66.7 Å². The third-order valence-corrected chi connectivity index (χ3v) is 4.31. The molecular weight excluding hydrogens is 408 g/mol. The fraction of sp³-hybridized carbons (Fsp3) is 0. The molecule has 5 nitrogen and oxygen atoms in total. The van der Waals surface area contributed by atoms with Gasteiger partial charge in [0.05, 0.1) is 11.8 Å². The summed E-state index contributed by atoms with van der Waals surface area (Å²) in [6.07, 6.45) is 1.43. The van der Waals surface area contributed by atoms with Gasteiger partial charge in [0, 0.05) is 15.6 Å². The van der Waals surface area contributed by atoms with Crippen LogP contribution in [0.5, 0.6) is 5.75 Å². The molecule has 3 aromatic rings. The number of benzene rings is 3. The molecule has 0 saturated heterocycles. The summed E-state index contributed by atoms with van der Waals surface area (Å²) in [5.74, 6) is -0.470. The van der Waals surface area contributed by atoms with Gasteiger partial charge >= 0.3 is 5.97 Å². The van der Waals surface area contributed by atoms with Crippen LogP contribution >= 0.6 is 15.9 Å². The molecule has 0 atom stereocenters. The van der Waals surface area contributed by atoms with Crippen molar-refractivity contribution in [2.24, 2.45) is 5.10 Å². The van der Waals surface area contributed by atoms with E-state index in [1.807, 2.05) is 12.1 Å². The molecule has 0 aliphatic heterocycles. The number of hydrogen-bond donors (Lipinski definition) is 1. The molecule has 0 heterocycles. The van der Waals surface area contributed by atoms with Crippen molar-refractivity contribution in [1.82, 2.24) is 5.43 Å². The summed E-state index contributed by atoms with van der Waals surface area (Å²) in [6, 6.07) is 22.7. The number of ether oxygens (including phenoxy) is 1. The summed E-state index contributed by atoms with van der Waals surface area (Å²) in [7, 11) is 0. The molecule has 27 heavy (non-hydrogen) atoms. The molecule has 0 radical (unpaired) electrons. The lowest BCUT2D eigenvalue weighted by Crippen LogP contribution is -2.17. The van der Waals surface area contributed by atoms with Crippen LogP contribution < -0.4 is 10.2 Å². The van der Waals surface area contributed by atoms with E-state index in [1.165, 1.54) is 6.21 Å². The summed E-state index contributed by atoms with van der Waals surface area (Å²) in [5, 5.41) is 3.95. The smallest absolute Gasteiger partial charge is 0.344 e. The third kappa shape index (κ3) is 4.89. The quantitative estimate of drug-likeness (QED) is 0.286. The lowest BCUT2D eigenvalue weighted by molar-refractivity contribution is 0.0733. The first-order valence-electron chi connectivity index (χ1n) is 8.09. The van der Waals surface area contributed by atoms with Gasteiger partial charge in [-0.25, -0.2) is 10.2 Å². The maximum Gasteiger partial charge on any atom is 0.344 e. The van der Waals surface area contributed by atoms with E-state index < -0.39 is 5.97 Å². The van der Waals surface area contributed by atoms with Gasteiger partial charge in [0.1, 0.15) is 5.75 Å². The van der Waals surface area contributed by atoms with Gasteiger partial charge in [0.2, 0.25) is 0 Å². The minimum absolute atomic E-state index is 0.324. The zero-order valence-electron chi connectivity index (χ0n) is 14.1. The molecule has 134 valence electrons. The third-order valence-electron chi connectivity index (χ3n) is 3.62. The highest BCUT2D eigenvalue weighted by Crippen LogP contribution is 2.21. The molecule has 3 aromatic carbocycles. The Labute approximate surface area is 164 Å². The number of rotatable bonds is 5. The normalized spacial score (nSPS) is 10.6. The Morgan fingerprint density at radius 2 is 1.56 bits per heavy atom. The Morgan fingerprint density at radius 3 is 2.33 bits per heavy atom. The molecule has 0 bridgehead atoms. The highest BCUT2D eigenvalue weighted by Gasteiger charge is 2.13. The molecule has 1 amide bonds. The monoisotopic (exact) mass is 422 g/mol. The molecule has 0 unspecified atom stereocenters. The van der Waals surface area contributed by atoms with Gasteiger partial charge in [0.25, 0.3) is 5.91 Å². The summed E-state index contributed by atoms with van der Waals surface area (Å²) in [4.78, 5) is 24.4. The van der Waals surface area contributed by atoms with Gasteiger partial charge in [-0.3, -0.25) is 4.79 Å². The highest BCUT2D eigenvalue weighted by molar-refractivity contribution is 9.10. The van der Waals surface area contributed by atoms with Crippen LogP contribution in [0.4, 0.5) is 0 Å². The number of amides is 1. The summed E-state index contributed by atoms with van der Waals surface area (Å²) in [5.41, 5.74) is 3.93. The Bertz CT molecular complexity index is 987. The minimum Gasteiger partial charge on any atom is -0.422 e. The van der Waals surface area contributed by atoms with Crippen LogP contribution in [0.25, 0.3) is 0 Å². The zero-order chi connectivity index (χ0) is 19.1. The lowest BCUT2D eigenvalue weighted by atomic mass is 10.2. The first-order valence-corrected chi connectivity index (χ1v) is 8.88. The molecule has 6 heteroatoms. The van der Waals surface area contributed by atoms with Crippen LogP contribution in [-0.2, 0) is 0 Å². The summed E-state index contributed by atoms with van der Waals surface area (Å²) >= 11 is 3.33. The molecule has 1 N–H and O–H groups in total. The molecular formula is C21H15BrN2O3. The van der Waals surface area contributed by atoms with Crippen molar-refractivity contribution in [3.8, 4) is 5.75 Å². The maximum atomic E-state index is 12.4. The van der Waals surface area contributed by atoms with E-state index in [-0.39, 0.29) is 5.91 Å². The largest absolute Gasteiger partial charge is 0.422 e. The Hall–Kier alpha value is -3.25. The van der Waals surface area contributed by atoms with Crippen LogP contribution in [-0.4, -0.2) is 18.1 Å². The molecule has 0 fully saturated rings. The predicted octanol–water partition coefficient (Wildman–Crippen LogP) is 4.43. The van der Waals surface area contributed by atoms with Gasteiger partial charge in [0.15, 0.2) is 0 Å². The van der Waals surface area contributed by atoms with Crippen LogP contribution in [0.1, 0.15) is 26.3 Å². The minimum atomic E-state index is -0.489. The van der Waals surface area contributed by atoms with Gasteiger partial charge in [-0.05, 0) is 52.3 Å². The van der Waals surface area contributed by atoms with Crippen LogP contribution in [0, 0.1) is 0 Å². The second-order valence-corrected chi connectivity index (χ2v) is 6.33. The van der Waals surface area contributed by atoms with Crippen LogP contribution in [0.15, 0.2) is 88.4 Å². The van der Waals surface area contributed by atoms with Crippen LogP contribution in [0.3, 0.4) is 0 Å². The number of carbonyl (C=O) groups is 2. The number of hydrazone groups is 1. The van der Waals surface area contributed by atoms with Crippen molar-refractivity contribution < 1.29 is 14.3 Å². The Morgan fingerprint density at radius 1 is 0.889 bits per heavy atom. The average Bonchev–Trinajstić information content (AvgIpc) is 2.70. The molecule has 0 aliphatic carbocycles. The van der Waals surface area contributed by atoms with Crippen molar-refractivity contribution in [2.45, 2.75) is 0 Å². The number of para-hydroxylation sites is 1. The van der Waals surface area contributed by atoms with Gasteiger partial charge < -0.3 is 4.74 Å². The maximum absolute atomic E-state index is 12.4. The van der Waals surface area contributed by atoms with Crippen molar-refractivity contribution in [3.05, 3.63) is 100 Å². The standard InChI is InChI=1S/C21H15BrN2O3/c22-18-12-6-5-11-17(18)21(26)27-19-13-7-4-10-16(19)14-23-24-20(25)15-8-2-1-3-9-15/h1-14H,(H,24,25)/b23-14+. The summed E-state index contributed by atoms with van der Waals surface area (Å²) < 4.78 is 6.13. The van der Waals surface area contributed by atoms with E-state index in [0.29, 0.717) is 26.9 Å². The summed E-state index contributed by atoms with van der Waals surface area (Å²) in [6.45, 7) is 0. The van der Waals surface area contributed by atoms with E-state index >= 15 is 0 Å². The first-order chi connectivity index (χ1) is 13.1. The van der Waals surface area contributed by atoms with E-state index in [9.17, 15) is 9.59 Å². The number of nitrogens with zero attached hydrogens (tertiary/aromatic N) is 1. The predicted molar refractivity (Wildman–Crippen MR) is 107 cm³/mol. The van der Waals surface area contributed by atoms with Crippen molar-refractivity contribution >= 4 is 34.0 Å². The van der Waals surface area contributed by atoms with Crippen LogP contribution in [0.2, 0.25) is 0 Å².